The largest absolute Gasteiger partial charge is 0.378 e. The van der Waals surface area contributed by atoms with Gasteiger partial charge < -0.3 is 9.64 Å². The maximum Gasteiger partial charge on any atom is 0.267 e. The van der Waals surface area contributed by atoms with Crippen molar-refractivity contribution in [3.05, 3.63) is 44.7 Å². The van der Waals surface area contributed by atoms with Gasteiger partial charge in [-0.25, -0.2) is 4.98 Å². The number of hydrogen-bond donors (Lipinski definition) is 0. The van der Waals surface area contributed by atoms with Crippen molar-refractivity contribution in [2.45, 2.75) is 13.8 Å². The van der Waals surface area contributed by atoms with Crippen molar-refractivity contribution >= 4 is 51.7 Å². The highest BCUT2D eigenvalue weighted by atomic mass is 32.2. The third-order valence-corrected chi connectivity index (χ3v) is 6.22. The van der Waals surface area contributed by atoms with Gasteiger partial charge in [-0.1, -0.05) is 30.0 Å². The first-order valence-corrected chi connectivity index (χ1v) is 10.3. The fourth-order valence-corrected chi connectivity index (χ4v) is 4.71. The van der Waals surface area contributed by atoms with Gasteiger partial charge in [-0.15, -0.1) is 0 Å². The minimum absolute atomic E-state index is 0.167. The highest BCUT2D eigenvalue weighted by Crippen LogP contribution is 2.33. The minimum Gasteiger partial charge on any atom is -0.378 e. The second-order valence-corrected chi connectivity index (χ2v) is 8.24. The Morgan fingerprint density at radius 3 is 2.75 bits per heavy atom. The van der Waals surface area contributed by atoms with Gasteiger partial charge in [-0.2, -0.15) is 0 Å². The number of likely N-dealkylation sites (N-methyl/N-ethyl adjacent to an activating group) is 1. The number of fused-ring (bicyclic) bond motifs is 1. The average molecular weight is 417 g/mol. The maximum atomic E-state index is 13.3. The number of morpholine rings is 1. The van der Waals surface area contributed by atoms with Crippen LogP contribution in [0.2, 0.25) is 0 Å². The Hall–Kier alpha value is -2.23. The Balaban J connectivity index is 1.92. The van der Waals surface area contributed by atoms with E-state index in [9.17, 15) is 9.59 Å². The molecular weight excluding hydrogens is 396 g/mol. The highest BCUT2D eigenvalue weighted by Gasteiger charge is 2.32. The maximum absolute atomic E-state index is 13.3. The lowest BCUT2D eigenvalue weighted by atomic mass is 10.2. The molecule has 9 heteroatoms. The summed E-state index contributed by atoms with van der Waals surface area (Å²) in [5.74, 6) is 0.420. The number of carbonyl (C=O) groups excluding carboxylic acids is 1. The number of rotatable bonds is 3. The van der Waals surface area contributed by atoms with Crippen molar-refractivity contribution in [1.29, 1.82) is 0 Å². The van der Waals surface area contributed by atoms with Crippen LogP contribution in [0.3, 0.4) is 0 Å². The Kier molecular flexibility index (Phi) is 5.22. The summed E-state index contributed by atoms with van der Waals surface area (Å²) in [6, 6.07) is 3.75. The number of nitrogens with zero attached hydrogens (tertiary/aromatic N) is 4. The number of thiocarbonyl (C=S) groups is 1. The molecule has 7 nitrogen and oxygen atoms in total. The van der Waals surface area contributed by atoms with Crippen LogP contribution in [-0.2, 0) is 9.53 Å². The summed E-state index contributed by atoms with van der Waals surface area (Å²) in [7, 11) is 0. The van der Waals surface area contributed by atoms with Gasteiger partial charge in [0.1, 0.15) is 15.8 Å². The summed E-state index contributed by atoms with van der Waals surface area (Å²) >= 11 is 6.52. The number of anilines is 1. The summed E-state index contributed by atoms with van der Waals surface area (Å²) < 4.78 is 7.49. The Bertz CT molecular complexity index is 1060. The SMILES string of the molecule is CCN1C(=O)/C(=C/c2c(N3CCOCC3)nc3c(C)cccn3c2=O)SC1=S. The number of amides is 1. The molecule has 0 N–H and O–H groups in total. The second-order valence-electron chi connectivity index (χ2n) is 6.56. The van der Waals surface area contributed by atoms with Gasteiger partial charge in [-0.05, 0) is 31.6 Å². The zero-order valence-corrected chi connectivity index (χ0v) is 17.3. The first kappa shape index (κ1) is 19.1. The number of hydrogen-bond acceptors (Lipinski definition) is 7. The van der Waals surface area contributed by atoms with Crippen LogP contribution in [0.4, 0.5) is 5.82 Å². The number of ether oxygens (including phenoxy) is 1. The van der Waals surface area contributed by atoms with Crippen LogP contribution in [0.5, 0.6) is 0 Å². The van der Waals surface area contributed by atoms with Crippen LogP contribution >= 0.6 is 24.0 Å². The van der Waals surface area contributed by atoms with E-state index in [4.69, 9.17) is 21.9 Å². The predicted octanol–water partition coefficient (Wildman–Crippen LogP) is 2.06. The number of aryl methyl sites for hydroxylation is 1. The summed E-state index contributed by atoms with van der Waals surface area (Å²) in [4.78, 5) is 34.8. The first-order valence-electron chi connectivity index (χ1n) is 9.11. The number of pyridine rings is 1. The lowest BCUT2D eigenvalue weighted by Gasteiger charge is -2.29. The number of carbonyl (C=O) groups is 1. The predicted molar refractivity (Wildman–Crippen MR) is 115 cm³/mol. The molecule has 0 radical (unpaired) electrons. The summed E-state index contributed by atoms with van der Waals surface area (Å²) in [6.07, 6.45) is 3.35. The van der Waals surface area contributed by atoms with E-state index in [0.29, 0.717) is 59.1 Å². The van der Waals surface area contributed by atoms with Gasteiger partial charge in [0.2, 0.25) is 0 Å². The van der Waals surface area contributed by atoms with E-state index in [-0.39, 0.29) is 11.5 Å². The molecule has 4 heterocycles. The first-order chi connectivity index (χ1) is 13.5. The van der Waals surface area contributed by atoms with Crippen molar-refractivity contribution < 1.29 is 9.53 Å². The number of aromatic nitrogens is 2. The Morgan fingerprint density at radius 2 is 2.07 bits per heavy atom. The van der Waals surface area contributed by atoms with E-state index in [1.54, 1.807) is 12.3 Å². The van der Waals surface area contributed by atoms with Crippen molar-refractivity contribution in [3.8, 4) is 0 Å². The Labute approximate surface area is 172 Å². The lowest BCUT2D eigenvalue weighted by molar-refractivity contribution is -0.121. The molecule has 4 rings (SSSR count). The zero-order valence-electron chi connectivity index (χ0n) is 15.7. The van der Waals surface area contributed by atoms with Gasteiger partial charge in [0.05, 0.1) is 23.7 Å². The zero-order chi connectivity index (χ0) is 19.8. The van der Waals surface area contributed by atoms with Gasteiger partial charge >= 0.3 is 0 Å². The van der Waals surface area contributed by atoms with Gasteiger partial charge in [0.25, 0.3) is 11.5 Å². The van der Waals surface area contributed by atoms with Crippen LogP contribution in [0, 0.1) is 6.92 Å². The van der Waals surface area contributed by atoms with E-state index >= 15 is 0 Å². The molecule has 2 fully saturated rings. The molecule has 28 heavy (non-hydrogen) atoms. The Morgan fingerprint density at radius 1 is 1.32 bits per heavy atom. The van der Waals surface area contributed by atoms with Crippen LogP contribution in [-0.4, -0.2) is 57.4 Å². The fraction of sp³-hybridized carbons (Fsp3) is 0.368. The molecule has 0 aliphatic carbocycles. The molecular formula is C19H20N4O3S2. The normalized spacial score (nSPS) is 19.3. The molecule has 2 aromatic heterocycles. The van der Waals surface area contributed by atoms with Crippen LogP contribution in [0.1, 0.15) is 18.1 Å². The molecule has 2 saturated heterocycles. The molecule has 0 unspecified atom stereocenters. The van der Waals surface area contributed by atoms with Crippen molar-refractivity contribution in [3.63, 3.8) is 0 Å². The molecule has 1 amide bonds. The van der Waals surface area contributed by atoms with Crippen molar-refractivity contribution in [2.75, 3.05) is 37.7 Å². The van der Waals surface area contributed by atoms with E-state index in [1.807, 2.05) is 30.9 Å². The summed E-state index contributed by atoms with van der Waals surface area (Å²) in [5, 5.41) is 0. The van der Waals surface area contributed by atoms with Crippen LogP contribution in [0.15, 0.2) is 28.0 Å². The van der Waals surface area contributed by atoms with Crippen LogP contribution in [0.25, 0.3) is 11.7 Å². The van der Waals surface area contributed by atoms with E-state index < -0.39 is 0 Å². The number of thioether (sulfide) groups is 1. The molecule has 2 aromatic rings. The highest BCUT2D eigenvalue weighted by molar-refractivity contribution is 8.26. The molecule has 0 aromatic carbocycles. The third kappa shape index (κ3) is 3.23. The molecule has 2 aliphatic rings. The molecule has 0 spiro atoms. The monoisotopic (exact) mass is 416 g/mol. The topological polar surface area (TPSA) is 67.2 Å². The van der Waals surface area contributed by atoms with Gasteiger partial charge in [0.15, 0.2) is 0 Å². The molecule has 2 aliphatic heterocycles. The minimum atomic E-state index is -0.197. The smallest absolute Gasteiger partial charge is 0.267 e. The van der Waals surface area contributed by atoms with Crippen molar-refractivity contribution in [1.82, 2.24) is 14.3 Å². The van der Waals surface area contributed by atoms with Crippen LogP contribution < -0.4 is 10.5 Å². The van der Waals surface area contributed by atoms with Gasteiger partial charge in [0, 0.05) is 25.8 Å². The van der Waals surface area contributed by atoms with E-state index in [1.165, 1.54) is 21.1 Å². The molecule has 0 saturated carbocycles. The summed E-state index contributed by atoms with van der Waals surface area (Å²) in [6.45, 7) is 6.75. The van der Waals surface area contributed by atoms with E-state index in [0.717, 1.165) is 5.56 Å². The third-order valence-electron chi connectivity index (χ3n) is 4.84. The summed E-state index contributed by atoms with van der Waals surface area (Å²) in [5.41, 5.74) is 1.74. The second kappa shape index (κ2) is 7.65. The average Bonchev–Trinajstić information content (AvgIpc) is 2.97. The molecule has 0 bridgehead atoms. The van der Waals surface area contributed by atoms with E-state index in [2.05, 4.69) is 0 Å². The molecule has 146 valence electrons. The lowest BCUT2D eigenvalue weighted by Crippen LogP contribution is -2.38. The standard InChI is InChI=1S/C19H20N4O3S2/c1-3-22-18(25)14(28-19(22)27)11-13-16(21-7-9-26-10-8-21)20-15-12(2)5-4-6-23(15)17(13)24/h4-6,11H,3,7-10H2,1-2H3/b14-11-. The fourth-order valence-electron chi connectivity index (χ4n) is 3.35. The van der Waals surface area contributed by atoms with Gasteiger partial charge in [-0.3, -0.25) is 18.9 Å². The molecule has 0 atom stereocenters. The van der Waals surface area contributed by atoms with Crippen molar-refractivity contribution in [2.24, 2.45) is 0 Å². The quantitative estimate of drug-likeness (QED) is 0.560.